The molecule has 0 aromatic heterocycles. The van der Waals surface area contributed by atoms with Gasteiger partial charge < -0.3 is 23.4 Å². The Morgan fingerprint density at radius 3 is 1.74 bits per heavy atom. The summed E-state index contributed by atoms with van der Waals surface area (Å²) >= 11 is 0. The SMILES string of the molecule is C=C[C@H]1C(C)(C)[C@H]2O[C@@]1([C@@H](OC(C)=O)C1=C(CO)CC(C[C@H]3C[C@@H]3CO[Si](c3ccccc3)(c3ccccc3)C(C)(C)C)CC1)C[C@@H]2O[Si](c1ccccc1)(c1ccccc1)C(C)(C)C. The number of esters is 1. The van der Waals surface area contributed by atoms with Crippen molar-refractivity contribution < 1.29 is 28.2 Å². The van der Waals surface area contributed by atoms with Crippen LogP contribution in [0.3, 0.4) is 0 Å². The number of carbonyl (C=O) groups is 1. The summed E-state index contributed by atoms with van der Waals surface area (Å²) in [4.78, 5) is 13.3. The molecule has 2 saturated heterocycles. The Labute approximate surface area is 392 Å². The summed E-state index contributed by atoms with van der Waals surface area (Å²) in [5.41, 5.74) is 0.742. The van der Waals surface area contributed by atoms with E-state index in [-0.39, 0.29) is 46.2 Å². The fourth-order valence-electron chi connectivity index (χ4n) is 12.9. The molecule has 2 aliphatic heterocycles. The van der Waals surface area contributed by atoms with E-state index >= 15 is 0 Å². The second-order valence-corrected chi connectivity index (χ2v) is 31.0. The molecule has 1 N–H and O–H groups in total. The average Bonchev–Trinajstić information content (AvgIpc) is 3.84. The zero-order valence-corrected chi connectivity index (χ0v) is 42.5. The van der Waals surface area contributed by atoms with Crippen LogP contribution in [0.5, 0.6) is 0 Å². The molecule has 6 nitrogen and oxygen atoms in total. The van der Waals surface area contributed by atoms with Crippen molar-refractivity contribution in [3.8, 4) is 0 Å². The third kappa shape index (κ3) is 8.54. The van der Waals surface area contributed by atoms with E-state index in [1.165, 1.54) is 27.7 Å². The van der Waals surface area contributed by atoms with Gasteiger partial charge in [0.25, 0.3) is 16.6 Å². The smallest absolute Gasteiger partial charge is 0.303 e. The molecule has 0 radical (unpaired) electrons. The lowest BCUT2D eigenvalue weighted by Crippen LogP contribution is -2.69. The highest BCUT2D eigenvalue weighted by molar-refractivity contribution is 7.00. The topological polar surface area (TPSA) is 74.2 Å². The van der Waals surface area contributed by atoms with Crippen LogP contribution in [0.2, 0.25) is 10.1 Å². The molecule has 65 heavy (non-hydrogen) atoms. The predicted molar refractivity (Wildman–Crippen MR) is 269 cm³/mol. The highest BCUT2D eigenvalue weighted by atomic mass is 28.4. The van der Waals surface area contributed by atoms with Gasteiger partial charge in [0.15, 0.2) is 6.10 Å². The number of benzene rings is 4. The zero-order valence-electron chi connectivity index (χ0n) is 40.5. The summed E-state index contributed by atoms with van der Waals surface area (Å²) in [5, 5.41) is 16.0. The first-order valence-corrected chi connectivity index (χ1v) is 28.1. The monoisotopic (exact) mass is 911 g/mol. The van der Waals surface area contributed by atoms with Crippen molar-refractivity contribution in [3.05, 3.63) is 145 Å². The maximum absolute atomic E-state index is 13.3. The largest absolute Gasteiger partial charge is 0.455 e. The first-order valence-electron chi connectivity index (χ1n) is 24.3. The highest BCUT2D eigenvalue weighted by Crippen LogP contribution is 2.63. The van der Waals surface area contributed by atoms with Gasteiger partial charge in [0.1, 0.15) is 5.60 Å². The number of hydrogen-bond donors (Lipinski definition) is 1. The molecule has 4 aromatic carbocycles. The standard InChI is InChI=1S/C57H74O6Si2/c1-11-51-56(9,10)53-50(63-65(55(6,7)8,47-28-20-14-21-29-47)48-30-22-15-23-31-48)37-57(51,62-53)52(61-40(2)59)49-33-32-41(35-43(49)38-58)34-42-36-44(42)39-60-64(54(3,4)5,45-24-16-12-17-25-45)46-26-18-13-19-27-46/h11-31,41-42,44,50-53,58H,1,32-39H2,2-10H3/t41?,42-,44+,50-,51-,52-,53-,57-/m0/s1. The fraction of sp³-hybridized carbons (Fsp3) is 0.491. The molecule has 0 amide bonds. The van der Waals surface area contributed by atoms with Gasteiger partial charge in [0.05, 0.1) is 18.8 Å². The summed E-state index contributed by atoms with van der Waals surface area (Å²) in [7, 11) is -5.58. The number of aliphatic hydroxyl groups excluding tert-OH is 1. The van der Waals surface area contributed by atoms with E-state index in [4.69, 9.17) is 18.3 Å². The summed E-state index contributed by atoms with van der Waals surface area (Å²) in [6, 6.07) is 43.4. The Bertz CT molecular complexity index is 2220. The molecule has 0 spiro atoms. The molecule has 1 unspecified atom stereocenters. The second-order valence-electron chi connectivity index (χ2n) is 22.4. The van der Waals surface area contributed by atoms with Gasteiger partial charge in [0, 0.05) is 31.3 Å². The minimum atomic E-state index is -2.96. The maximum atomic E-state index is 13.3. The van der Waals surface area contributed by atoms with Gasteiger partial charge in [0.2, 0.25) is 0 Å². The van der Waals surface area contributed by atoms with Gasteiger partial charge in [-0.3, -0.25) is 4.79 Å². The summed E-state index contributed by atoms with van der Waals surface area (Å²) in [6.45, 7) is 25.1. The predicted octanol–water partition coefficient (Wildman–Crippen LogP) is 9.92. The lowest BCUT2D eigenvalue weighted by atomic mass is 9.59. The number of fused-ring (bicyclic) bond motifs is 2. The van der Waals surface area contributed by atoms with Crippen LogP contribution in [0.1, 0.15) is 101 Å². The molecular weight excluding hydrogens is 837 g/mol. The van der Waals surface area contributed by atoms with Crippen LogP contribution in [0.25, 0.3) is 0 Å². The highest BCUT2D eigenvalue weighted by Gasteiger charge is 2.72. The van der Waals surface area contributed by atoms with Gasteiger partial charge in [-0.1, -0.05) is 183 Å². The number of carbonyl (C=O) groups excluding carboxylic acids is 1. The Hall–Kier alpha value is -3.90. The zero-order chi connectivity index (χ0) is 46.4. The van der Waals surface area contributed by atoms with Crippen LogP contribution in [-0.2, 0) is 23.1 Å². The summed E-state index contributed by atoms with van der Waals surface area (Å²) in [6.07, 6.45) is 6.15. The molecule has 2 bridgehead atoms. The lowest BCUT2D eigenvalue weighted by Gasteiger charge is -2.50. The van der Waals surface area contributed by atoms with E-state index in [0.717, 1.165) is 49.9 Å². The van der Waals surface area contributed by atoms with Crippen LogP contribution >= 0.6 is 0 Å². The molecule has 4 aromatic rings. The van der Waals surface area contributed by atoms with Crippen molar-refractivity contribution in [2.24, 2.45) is 29.1 Å². The lowest BCUT2D eigenvalue weighted by molar-refractivity contribution is -0.161. The molecule has 1 saturated carbocycles. The third-order valence-corrected chi connectivity index (χ3v) is 26.0. The normalized spacial score (nSPS) is 27.0. The molecule has 346 valence electrons. The summed E-state index contributed by atoms with van der Waals surface area (Å²) in [5.74, 6) is 1.07. The Kier molecular flexibility index (Phi) is 13.4. The maximum Gasteiger partial charge on any atom is 0.303 e. The van der Waals surface area contributed by atoms with Gasteiger partial charge in [-0.25, -0.2) is 0 Å². The first kappa shape index (κ1) is 47.6. The fourth-order valence-corrected chi connectivity index (χ4v) is 22.2. The molecular formula is C57H74O6Si2. The molecule has 8 rings (SSSR count). The quantitative estimate of drug-likeness (QED) is 0.0686. The van der Waals surface area contributed by atoms with Crippen molar-refractivity contribution >= 4 is 43.4 Å². The minimum Gasteiger partial charge on any atom is -0.455 e. The van der Waals surface area contributed by atoms with E-state index in [2.05, 4.69) is 183 Å². The van der Waals surface area contributed by atoms with Gasteiger partial charge in [-0.15, -0.1) is 6.58 Å². The number of hydrogen-bond acceptors (Lipinski definition) is 6. The first-order chi connectivity index (χ1) is 30.9. The van der Waals surface area contributed by atoms with Crippen LogP contribution in [0.4, 0.5) is 0 Å². The van der Waals surface area contributed by atoms with Crippen LogP contribution in [-0.4, -0.2) is 64.8 Å². The number of aliphatic hydroxyl groups is 1. The Balaban J connectivity index is 1.05. The van der Waals surface area contributed by atoms with E-state index in [1.807, 2.05) is 6.08 Å². The van der Waals surface area contributed by atoms with E-state index in [9.17, 15) is 9.90 Å². The van der Waals surface area contributed by atoms with Crippen LogP contribution < -0.4 is 20.7 Å². The molecule has 2 heterocycles. The van der Waals surface area contributed by atoms with E-state index in [0.29, 0.717) is 24.2 Å². The molecule has 8 heteroatoms. The van der Waals surface area contributed by atoms with Gasteiger partial charge in [-0.2, -0.15) is 0 Å². The second kappa shape index (κ2) is 18.3. The van der Waals surface area contributed by atoms with Crippen molar-refractivity contribution in [3.63, 3.8) is 0 Å². The minimum absolute atomic E-state index is 0.0611. The van der Waals surface area contributed by atoms with Crippen LogP contribution in [0.15, 0.2) is 145 Å². The van der Waals surface area contributed by atoms with E-state index in [1.54, 1.807) is 0 Å². The molecule has 2 aliphatic carbocycles. The third-order valence-electron chi connectivity index (χ3n) is 15.9. The van der Waals surface area contributed by atoms with Crippen LogP contribution in [0, 0.1) is 29.1 Å². The summed E-state index contributed by atoms with van der Waals surface area (Å²) < 4.78 is 29.2. The van der Waals surface area contributed by atoms with Gasteiger partial charge >= 0.3 is 5.97 Å². The van der Waals surface area contributed by atoms with Crippen molar-refractivity contribution in [1.29, 1.82) is 0 Å². The average molecular weight is 911 g/mol. The Morgan fingerprint density at radius 1 is 0.800 bits per heavy atom. The van der Waals surface area contributed by atoms with Crippen molar-refractivity contribution in [1.82, 2.24) is 0 Å². The molecule has 3 fully saturated rings. The molecule has 8 atom stereocenters. The Morgan fingerprint density at radius 2 is 1.29 bits per heavy atom. The number of ether oxygens (including phenoxy) is 2. The molecule has 4 aliphatic rings. The van der Waals surface area contributed by atoms with Gasteiger partial charge in [-0.05, 0) is 91.8 Å². The van der Waals surface area contributed by atoms with Crippen molar-refractivity contribution in [2.75, 3.05) is 13.2 Å². The van der Waals surface area contributed by atoms with Crippen molar-refractivity contribution in [2.45, 2.75) is 135 Å². The van der Waals surface area contributed by atoms with E-state index < -0.39 is 28.3 Å². The number of rotatable bonds is 16.